The number of esters is 1. The van der Waals surface area contributed by atoms with Gasteiger partial charge in [0.2, 0.25) is 0 Å². The molecule has 0 aliphatic rings. The van der Waals surface area contributed by atoms with Crippen molar-refractivity contribution in [3.8, 4) is 5.75 Å². The Kier molecular flexibility index (Phi) is 5.22. The van der Waals surface area contributed by atoms with E-state index in [-0.39, 0.29) is 5.97 Å². The van der Waals surface area contributed by atoms with Crippen LogP contribution in [0.4, 0.5) is 5.69 Å². The normalized spacial score (nSPS) is 10.0. The summed E-state index contributed by atoms with van der Waals surface area (Å²) >= 11 is 3.52. The fraction of sp³-hybridized carbons (Fsp3) is 0.188. The highest BCUT2D eigenvalue weighted by molar-refractivity contribution is 9.10. The van der Waals surface area contributed by atoms with E-state index in [1.54, 1.807) is 19.2 Å². The quantitative estimate of drug-likeness (QED) is 0.832. The molecular formula is C16H16BrNO3. The molecule has 0 atom stereocenters. The summed E-state index contributed by atoms with van der Waals surface area (Å²) in [5.74, 6) is 0.480. The number of nitrogens with one attached hydrogen (secondary N) is 1. The summed E-state index contributed by atoms with van der Waals surface area (Å²) in [7, 11) is 3.01. The molecule has 0 aromatic heterocycles. The number of methoxy groups -OCH3 is 2. The van der Waals surface area contributed by atoms with Crippen LogP contribution < -0.4 is 10.1 Å². The maximum atomic E-state index is 11.4. The summed E-state index contributed by atoms with van der Waals surface area (Å²) in [6, 6.07) is 13.0. The van der Waals surface area contributed by atoms with Crippen LogP contribution >= 0.6 is 15.9 Å². The first-order valence-corrected chi connectivity index (χ1v) is 7.18. The van der Waals surface area contributed by atoms with Gasteiger partial charge in [0.15, 0.2) is 0 Å². The fourth-order valence-electron chi connectivity index (χ4n) is 1.85. The Bertz CT molecular complexity index is 626. The van der Waals surface area contributed by atoms with Crippen molar-refractivity contribution < 1.29 is 14.3 Å². The zero-order valence-electron chi connectivity index (χ0n) is 11.9. The Balaban J connectivity index is 2.04. The summed E-state index contributed by atoms with van der Waals surface area (Å²) in [6.45, 7) is 0.648. The molecule has 1 N–H and O–H groups in total. The van der Waals surface area contributed by atoms with E-state index in [1.807, 2.05) is 30.3 Å². The molecule has 0 aliphatic carbocycles. The predicted octanol–water partition coefficient (Wildman–Crippen LogP) is 3.86. The summed E-state index contributed by atoms with van der Waals surface area (Å²) in [4.78, 5) is 11.4. The number of ether oxygens (including phenoxy) is 2. The Hall–Kier alpha value is -2.01. The van der Waals surface area contributed by atoms with Crippen molar-refractivity contribution in [2.24, 2.45) is 0 Å². The molecule has 2 aromatic carbocycles. The molecule has 21 heavy (non-hydrogen) atoms. The second-order valence-electron chi connectivity index (χ2n) is 4.38. The van der Waals surface area contributed by atoms with Crippen LogP contribution in [-0.2, 0) is 11.3 Å². The minimum Gasteiger partial charge on any atom is -0.497 e. The van der Waals surface area contributed by atoms with Gasteiger partial charge in [-0.1, -0.05) is 15.9 Å². The van der Waals surface area contributed by atoms with Crippen LogP contribution in [0, 0.1) is 0 Å². The maximum absolute atomic E-state index is 11.4. The second kappa shape index (κ2) is 7.13. The van der Waals surface area contributed by atoms with Gasteiger partial charge in [-0.3, -0.25) is 0 Å². The maximum Gasteiger partial charge on any atom is 0.337 e. The average molecular weight is 350 g/mol. The van der Waals surface area contributed by atoms with Gasteiger partial charge in [0.05, 0.1) is 19.8 Å². The molecule has 0 radical (unpaired) electrons. The third-order valence-electron chi connectivity index (χ3n) is 3.04. The number of carbonyl (C=O) groups excluding carboxylic acids is 1. The third kappa shape index (κ3) is 3.98. The molecule has 0 aliphatic heterocycles. The fourth-order valence-corrected chi connectivity index (χ4v) is 2.24. The lowest BCUT2D eigenvalue weighted by atomic mass is 10.2. The molecule has 0 bridgehead atoms. The first kappa shape index (κ1) is 15.4. The van der Waals surface area contributed by atoms with Gasteiger partial charge >= 0.3 is 5.97 Å². The van der Waals surface area contributed by atoms with Crippen LogP contribution in [0.2, 0.25) is 0 Å². The van der Waals surface area contributed by atoms with Crippen molar-refractivity contribution in [3.05, 3.63) is 58.1 Å². The van der Waals surface area contributed by atoms with Crippen molar-refractivity contribution in [3.63, 3.8) is 0 Å². The summed E-state index contributed by atoms with van der Waals surface area (Å²) < 4.78 is 10.9. The molecule has 0 saturated heterocycles. The first-order valence-electron chi connectivity index (χ1n) is 6.38. The highest BCUT2D eigenvalue weighted by Crippen LogP contribution is 2.23. The molecule has 2 rings (SSSR count). The van der Waals surface area contributed by atoms with Gasteiger partial charge in [0, 0.05) is 16.7 Å². The van der Waals surface area contributed by atoms with E-state index in [9.17, 15) is 4.79 Å². The van der Waals surface area contributed by atoms with Gasteiger partial charge in [-0.15, -0.1) is 0 Å². The number of halogens is 1. The van der Waals surface area contributed by atoms with Gasteiger partial charge in [0.1, 0.15) is 5.75 Å². The summed E-state index contributed by atoms with van der Waals surface area (Å²) in [5.41, 5.74) is 2.55. The van der Waals surface area contributed by atoms with Gasteiger partial charge in [0.25, 0.3) is 0 Å². The smallest absolute Gasteiger partial charge is 0.337 e. The number of hydrogen-bond donors (Lipinski definition) is 1. The average Bonchev–Trinajstić information content (AvgIpc) is 2.54. The Morgan fingerprint density at radius 2 is 1.86 bits per heavy atom. The zero-order valence-corrected chi connectivity index (χ0v) is 13.4. The lowest BCUT2D eigenvalue weighted by Gasteiger charge is -2.10. The number of rotatable bonds is 5. The first-order chi connectivity index (χ1) is 10.1. The zero-order chi connectivity index (χ0) is 15.2. The molecule has 4 nitrogen and oxygen atoms in total. The van der Waals surface area contributed by atoms with Crippen LogP contribution in [0.15, 0.2) is 46.9 Å². The highest BCUT2D eigenvalue weighted by atomic mass is 79.9. The van der Waals surface area contributed by atoms with Gasteiger partial charge in [-0.25, -0.2) is 4.79 Å². The minimum atomic E-state index is -0.336. The van der Waals surface area contributed by atoms with Crippen LogP contribution in [0.5, 0.6) is 5.75 Å². The van der Waals surface area contributed by atoms with Crippen molar-refractivity contribution in [1.29, 1.82) is 0 Å². The molecule has 0 saturated carbocycles. The SMILES string of the molecule is COC(=O)c1ccc(NCc2cc(OC)ccc2Br)cc1. The lowest BCUT2D eigenvalue weighted by molar-refractivity contribution is 0.0601. The molecule has 2 aromatic rings. The molecule has 0 heterocycles. The van der Waals surface area contributed by atoms with Crippen molar-refractivity contribution in [1.82, 2.24) is 0 Å². The summed E-state index contributed by atoms with van der Waals surface area (Å²) in [6.07, 6.45) is 0. The Morgan fingerprint density at radius 3 is 2.48 bits per heavy atom. The summed E-state index contributed by atoms with van der Waals surface area (Å²) in [5, 5.41) is 3.30. The van der Waals surface area contributed by atoms with E-state index < -0.39 is 0 Å². The second-order valence-corrected chi connectivity index (χ2v) is 5.23. The molecule has 0 amide bonds. The van der Waals surface area contributed by atoms with E-state index in [2.05, 4.69) is 26.0 Å². The van der Waals surface area contributed by atoms with E-state index in [1.165, 1.54) is 7.11 Å². The lowest BCUT2D eigenvalue weighted by Crippen LogP contribution is -2.03. The molecule has 0 spiro atoms. The monoisotopic (exact) mass is 349 g/mol. The largest absolute Gasteiger partial charge is 0.497 e. The Morgan fingerprint density at radius 1 is 1.14 bits per heavy atom. The van der Waals surface area contributed by atoms with Crippen LogP contribution in [0.1, 0.15) is 15.9 Å². The number of benzene rings is 2. The van der Waals surface area contributed by atoms with Crippen LogP contribution in [0.25, 0.3) is 0 Å². The molecule has 5 heteroatoms. The number of hydrogen-bond acceptors (Lipinski definition) is 4. The van der Waals surface area contributed by atoms with E-state index in [0.29, 0.717) is 12.1 Å². The minimum absolute atomic E-state index is 0.336. The topological polar surface area (TPSA) is 47.6 Å². The Labute approximate surface area is 132 Å². The van der Waals surface area contributed by atoms with E-state index >= 15 is 0 Å². The van der Waals surface area contributed by atoms with Crippen molar-refractivity contribution in [2.45, 2.75) is 6.54 Å². The van der Waals surface area contributed by atoms with Gasteiger partial charge < -0.3 is 14.8 Å². The molecule has 110 valence electrons. The third-order valence-corrected chi connectivity index (χ3v) is 3.82. The molecular weight excluding hydrogens is 334 g/mol. The van der Waals surface area contributed by atoms with E-state index in [4.69, 9.17) is 4.74 Å². The highest BCUT2D eigenvalue weighted by Gasteiger charge is 2.05. The standard InChI is InChI=1S/C16H16BrNO3/c1-20-14-7-8-15(17)12(9-14)10-18-13-5-3-11(4-6-13)16(19)21-2/h3-9,18H,10H2,1-2H3. The van der Waals surface area contributed by atoms with E-state index in [0.717, 1.165) is 21.5 Å². The number of anilines is 1. The van der Waals surface area contributed by atoms with Crippen LogP contribution in [-0.4, -0.2) is 20.2 Å². The predicted molar refractivity (Wildman–Crippen MR) is 85.8 cm³/mol. The van der Waals surface area contributed by atoms with Gasteiger partial charge in [-0.05, 0) is 48.0 Å². The van der Waals surface area contributed by atoms with Crippen molar-refractivity contribution >= 4 is 27.6 Å². The van der Waals surface area contributed by atoms with Crippen molar-refractivity contribution in [2.75, 3.05) is 19.5 Å². The number of carbonyl (C=O) groups is 1. The van der Waals surface area contributed by atoms with Gasteiger partial charge in [-0.2, -0.15) is 0 Å². The molecule has 0 fully saturated rings. The molecule has 0 unspecified atom stereocenters. The van der Waals surface area contributed by atoms with Crippen LogP contribution in [0.3, 0.4) is 0 Å².